The maximum atomic E-state index is 5.27. The first-order chi connectivity index (χ1) is 9.25. The number of nitrogens with zero attached hydrogens (tertiary/aromatic N) is 3. The van der Waals surface area contributed by atoms with Gasteiger partial charge in [-0.15, -0.1) is 0 Å². The number of hydrogen-bond donors (Lipinski definition) is 2. The summed E-state index contributed by atoms with van der Waals surface area (Å²) in [6.07, 6.45) is 1.59. The summed E-state index contributed by atoms with van der Waals surface area (Å²) in [5.74, 6) is 0.584. The van der Waals surface area contributed by atoms with Gasteiger partial charge >= 0.3 is 0 Å². The molecule has 0 saturated carbocycles. The van der Waals surface area contributed by atoms with Gasteiger partial charge in [-0.3, -0.25) is 0 Å². The molecule has 5 nitrogen and oxygen atoms in total. The Kier molecular flexibility index (Phi) is 3.22. The van der Waals surface area contributed by atoms with Crippen LogP contribution in [-0.4, -0.2) is 25.4 Å². The van der Waals surface area contributed by atoms with Crippen molar-refractivity contribution in [3.05, 3.63) is 45.6 Å². The topological polar surface area (TPSA) is 70.2 Å². The molecule has 0 aliphatic rings. The highest BCUT2D eigenvalue weighted by molar-refractivity contribution is 9.10. The van der Waals surface area contributed by atoms with Crippen LogP contribution in [0.15, 0.2) is 41.0 Å². The van der Waals surface area contributed by atoms with Gasteiger partial charge in [-0.2, -0.15) is 15.4 Å². The van der Waals surface area contributed by atoms with E-state index in [2.05, 4.69) is 41.3 Å². The summed E-state index contributed by atoms with van der Waals surface area (Å²) in [4.78, 5) is 7.52. The van der Waals surface area contributed by atoms with E-state index in [-0.39, 0.29) is 0 Å². The number of nitrogens with one attached hydrogen (secondary N) is 2. The van der Waals surface area contributed by atoms with Gasteiger partial charge in [-0.1, -0.05) is 42.5 Å². The summed E-state index contributed by atoms with van der Waals surface area (Å²) < 4.78 is 1.25. The molecular formula is C12H8BrN5S. The quantitative estimate of drug-likeness (QED) is 0.705. The molecule has 0 radical (unpaired) electrons. The van der Waals surface area contributed by atoms with E-state index in [0.29, 0.717) is 16.2 Å². The summed E-state index contributed by atoms with van der Waals surface area (Å²) in [6, 6.07) is 9.89. The van der Waals surface area contributed by atoms with Crippen LogP contribution >= 0.6 is 28.1 Å². The third-order valence-corrected chi connectivity index (χ3v) is 3.91. The normalized spacial score (nSPS) is 10.6. The van der Waals surface area contributed by atoms with Crippen LogP contribution in [0.2, 0.25) is 0 Å². The molecule has 0 aliphatic carbocycles. The Bertz CT molecular complexity index is 752. The van der Waals surface area contributed by atoms with E-state index in [9.17, 15) is 0 Å². The molecule has 1 aromatic carbocycles. The number of hydrogen-bond acceptors (Lipinski definition) is 4. The number of H-pyrrole nitrogens is 2. The van der Waals surface area contributed by atoms with Crippen molar-refractivity contribution in [2.45, 2.75) is 0 Å². The fraction of sp³-hybridized carbons (Fsp3) is 0. The monoisotopic (exact) mass is 333 g/mol. The molecule has 0 spiro atoms. The number of halogens is 1. The highest BCUT2D eigenvalue weighted by Crippen LogP contribution is 2.28. The lowest BCUT2D eigenvalue weighted by Crippen LogP contribution is -1.95. The summed E-state index contributed by atoms with van der Waals surface area (Å²) in [5.41, 5.74) is 2.52. The van der Waals surface area contributed by atoms with Gasteiger partial charge < -0.3 is 4.98 Å². The first-order valence-electron chi connectivity index (χ1n) is 5.47. The van der Waals surface area contributed by atoms with Gasteiger partial charge in [0.2, 0.25) is 0 Å². The predicted molar refractivity (Wildman–Crippen MR) is 77.9 cm³/mol. The van der Waals surface area contributed by atoms with Gasteiger partial charge in [0.05, 0.1) is 16.4 Å². The van der Waals surface area contributed by atoms with Crippen LogP contribution in [0, 0.1) is 4.64 Å². The van der Waals surface area contributed by atoms with Crippen molar-refractivity contribution < 1.29 is 0 Å². The number of benzene rings is 1. The highest BCUT2D eigenvalue weighted by Gasteiger charge is 2.11. The summed E-state index contributed by atoms with van der Waals surface area (Å²) in [7, 11) is 0. The minimum Gasteiger partial charge on any atom is -0.337 e. The molecule has 2 aromatic heterocycles. The Balaban J connectivity index is 2.23. The maximum absolute atomic E-state index is 5.27. The molecule has 0 atom stereocenters. The van der Waals surface area contributed by atoms with Gasteiger partial charge in [0.1, 0.15) is 10.3 Å². The lowest BCUT2D eigenvalue weighted by Gasteiger charge is -2.07. The third-order valence-electron chi connectivity index (χ3n) is 2.58. The van der Waals surface area contributed by atoms with Crippen molar-refractivity contribution in [1.82, 2.24) is 25.4 Å². The standard InChI is InChI=1S/C12H8BrN5S/c13-9-10(7-4-2-1-3-5-7)15-11(16-12(9)19)8-6-14-18-17-8/h1-6H,(H,14,17,18)(H,15,16,19). The second kappa shape index (κ2) is 5.02. The zero-order valence-electron chi connectivity index (χ0n) is 9.59. The van der Waals surface area contributed by atoms with Crippen LogP contribution in [0.25, 0.3) is 22.8 Å². The van der Waals surface area contributed by atoms with Gasteiger partial charge in [0.15, 0.2) is 5.82 Å². The molecule has 19 heavy (non-hydrogen) atoms. The van der Waals surface area contributed by atoms with E-state index < -0.39 is 0 Å². The van der Waals surface area contributed by atoms with Crippen LogP contribution in [0.3, 0.4) is 0 Å². The van der Waals surface area contributed by atoms with Crippen molar-refractivity contribution in [2.75, 3.05) is 0 Å². The predicted octanol–water partition coefficient (Wildman–Crippen LogP) is 3.35. The molecule has 3 rings (SSSR count). The lowest BCUT2D eigenvalue weighted by molar-refractivity contribution is 0.938. The zero-order chi connectivity index (χ0) is 13.2. The van der Waals surface area contributed by atoms with Crippen LogP contribution < -0.4 is 0 Å². The lowest BCUT2D eigenvalue weighted by atomic mass is 10.1. The molecule has 0 aliphatic heterocycles. The van der Waals surface area contributed by atoms with Crippen LogP contribution in [-0.2, 0) is 0 Å². The van der Waals surface area contributed by atoms with Gasteiger partial charge in [0, 0.05) is 0 Å². The molecule has 2 heterocycles. The number of aromatic amines is 2. The fourth-order valence-corrected chi connectivity index (χ4v) is 2.31. The molecule has 0 amide bonds. The van der Waals surface area contributed by atoms with Crippen molar-refractivity contribution in [2.24, 2.45) is 0 Å². The average Bonchev–Trinajstić information content (AvgIpc) is 2.97. The Morgan fingerprint density at radius 1 is 1.16 bits per heavy atom. The van der Waals surface area contributed by atoms with E-state index in [1.807, 2.05) is 30.3 Å². The van der Waals surface area contributed by atoms with E-state index in [1.165, 1.54) is 0 Å². The van der Waals surface area contributed by atoms with Gasteiger partial charge in [-0.05, 0) is 21.5 Å². The molecule has 0 fully saturated rings. The first kappa shape index (κ1) is 12.2. The van der Waals surface area contributed by atoms with E-state index in [0.717, 1.165) is 15.7 Å². The van der Waals surface area contributed by atoms with Crippen molar-refractivity contribution >= 4 is 28.1 Å². The zero-order valence-corrected chi connectivity index (χ0v) is 12.0. The van der Waals surface area contributed by atoms with Crippen molar-refractivity contribution in [3.8, 4) is 22.8 Å². The number of aromatic nitrogens is 5. The van der Waals surface area contributed by atoms with Crippen LogP contribution in [0.5, 0.6) is 0 Å². The van der Waals surface area contributed by atoms with Crippen LogP contribution in [0.1, 0.15) is 0 Å². The smallest absolute Gasteiger partial charge is 0.161 e. The van der Waals surface area contributed by atoms with E-state index >= 15 is 0 Å². The summed E-state index contributed by atoms with van der Waals surface area (Å²) in [5, 5.41) is 10.3. The van der Waals surface area contributed by atoms with E-state index in [4.69, 9.17) is 12.2 Å². The first-order valence-corrected chi connectivity index (χ1v) is 6.67. The van der Waals surface area contributed by atoms with Crippen molar-refractivity contribution in [1.29, 1.82) is 0 Å². The molecular weight excluding hydrogens is 326 g/mol. The largest absolute Gasteiger partial charge is 0.337 e. The van der Waals surface area contributed by atoms with Crippen LogP contribution in [0.4, 0.5) is 0 Å². The summed E-state index contributed by atoms with van der Waals surface area (Å²) in [6.45, 7) is 0. The average molecular weight is 334 g/mol. The maximum Gasteiger partial charge on any atom is 0.161 e. The molecule has 3 aromatic rings. The SMILES string of the molecule is S=c1nc(-c2cn[nH]n2)[nH]c(-c2ccccc2)c1Br. The third kappa shape index (κ3) is 2.34. The Labute approximate surface area is 122 Å². The highest BCUT2D eigenvalue weighted by atomic mass is 79.9. The second-order valence-corrected chi connectivity index (χ2v) is 4.98. The van der Waals surface area contributed by atoms with Gasteiger partial charge in [0.25, 0.3) is 0 Å². The Morgan fingerprint density at radius 2 is 1.95 bits per heavy atom. The summed E-state index contributed by atoms with van der Waals surface area (Å²) >= 11 is 8.74. The second-order valence-electron chi connectivity index (χ2n) is 3.80. The molecule has 7 heteroatoms. The van der Waals surface area contributed by atoms with Crippen molar-refractivity contribution in [3.63, 3.8) is 0 Å². The van der Waals surface area contributed by atoms with E-state index in [1.54, 1.807) is 6.20 Å². The molecule has 0 saturated heterocycles. The molecule has 94 valence electrons. The molecule has 0 bridgehead atoms. The minimum atomic E-state index is 0.482. The number of rotatable bonds is 2. The minimum absolute atomic E-state index is 0.482. The van der Waals surface area contributed by atoms with Gasteiger partial charge in [-0.25, -0.2) is 4.98 Å². The Morgan fingerprint density at radius 3 is 2.63 bits per heavy atom. The molecule has 0 unspecified atom stereocenters. The molecule has 2 N–H and O–H groups in total. The fourth-order valence-electron chi connectivity index (χ4n) is 1.70. The Hall–Kier alpha value is -1.86.